The fourth-order valence-corrected chi connectivity index (χ4v) is 6.32. The number of amides is 2. The first kappa shape index (κ1) is 23.2. The molecule has 5 rings (SSSR count). The van der Waals surface area contributed by atoms with Crippen LogP contribution in [0, 0.1) is 5.92 Å². The highest BCUT2D eigenvalue weighted by Gasteiger charge is 2.28. The Balaban J connectivity index is 1.55. The summed E-state index contributed by atoms with van der Waals surface area (Å²) in [6.07, 6.45) is 4.87. The first-order valence-electron chi connectivity index (χ1n) is 12.2. The van der Waals surface area contributed by atoms with Gasteiger partial charge in [0.2, 0.25) is 0 Å². The van der Waals surface area contributed by atoms with Crippen LogP contribution in [-0.2, 0) is 19.3 Å². The molecule has 6 heteroatoms. The summed E-state index contributed by atoms with van der Waals surface area (Å²) < 4.78 is 0. The number of thiophene rings is 1. The summed E-state index contributed by atoms with van der Waals surface area (Å²) in [7, 11) is 0. The molecule has 0 bridgehead atoms. The lowest BCUT2D eigenvalue weighted by atomic mass is 9.88. The summed E-state index contributed by atoms with van der Waals surface area (Å²) >= 11 is 1.48. The van der Waals surface area contributed by atoms with Gasteiger partial charge in [0.15, 0.2) is 0 Å². The molecule has 2 amide bonds. The van der Waals surface area contributed by atoms with E-state index in [9.17, 15) is 9.59 Å². The van der Waals surface area contributed by atoms with Crippen molar-refractivity contribution in [1.82, 2.24) is 4.98 Å². The summed E-state index contributed by atoms with van der Waals surface area (Å²) in [5.41, 5.74) is 11.5. The standard InChI is InChI=1S/C29H29N3O2S/c1-3-6-18-10-12-19(13-11-18)24-16-22(20-7-4-5-8-23(20)31-24)28(34)32-29-26(27(30)33)21-14-9-17(2)15-25(21)35-29/h4-5,7-8,10-13,16-17H,3,6,9,14-15H2,1-2H3,(H2,30,33)(H,32,34)/t17-/m0/s1. The van der Waals surface area contributed by atoms with Gasteiger partial charge in [-0.05, 0) is 54.9 Å². The summed E-state index contributed by atoms with van der Waals surface area (Å²) in [4.78, 5) is 31.9. The van der Waals surface area contributed by atoms with Gasteiger partial charge in [-0.1, -0.05) is 62.7 Å². The van der Waals surface area contributed by atoms with Crippen molar-refractivity contribution in [1.29, 1.82) is 0 Å². The molecule has 178 valence electrons. The number of primary amides is 1. The summed E-state index contributed by atoms with van der Waals surface area (Å²) in [6.45, 7) is 4.38. The number of rotatable bonds is 6. The van der Waals surface area contributed by atoms with Gasteiger partial charge in [-0.3, -0.25) is 9.59 Å². The van der Waals surface area contributed by atoms with Gasteiger partial charge in [-0.2, -0.15) is 0 Å². The number of aromatic nitrogens is 1. The van der Waals surface area contributed by atoms with Crippen LogP contribution >= 0.6 is 11.3 Å². The van der Waals surface area contributed by atoms with Crippen LogP contribution in [0.1, 0.15) is 63.4 Å². The predicted octanol–water partition coefficient (Wildman–Crippen LogP) is 6.39. The average molecular weight is 484 g/mol. The van der Waals surface area contributed by atoms with Crippen LogP contribution in [-0.4, -0.2) is 16.8 Å². The van der Waals surface area contributed by atoms with Gasteiger partial charge < -0.3 is 11.1 Å². The third-order valence-corrected chi connectivity index (χ3v) is 7.90. The largest absolute Gasteiger partial charge is 0.365 e. The quantitative estimate of drug-likeness (QED) is 0.333. The molecule has 0 unspecified atom stereocenters. The van der Waals surface area contributed by atoms with E-state index in [2.05, 4.69) is 43.4 Å². The molecule has 3 N–H and O–H groups in total. The van der Waals surface area contributed by atoms with Crippen molar-refractivity contribution in [3.05, 3.63) is 81.7 Å². The van der Waals surface area contributed by atoms with Gasteiger partial charge in [-0.25, -0.2) is 4.98 Å². The molecule has 0 radical (unpaired) electrons. The molecular formula is C29H29N3O2S. The molecule has 35 heavy (non-hydrogen) atoms. The summed E-state index contributed by atoms with van der Waals surface area (Å²) in [5.74, 6) is -0.192. The maximum atomic E-state index is 13.6. The SMILES string of the molecule is CCCc1ccc(-c2cc(C(=O)Nc3sc4c(c3C(N)=O)CC[C@H](C)C4)c3ccccc3n2)cc1. The van der Waals surface area contributed by atoms with Gasteiger partial charge in [0, 0.05) is 15.8 Å². The first-order chi connectivity index (χ1) is 16.9. The number of pyridine rings is 1. The number of anilines is 1. The second-order valence-corrected chi connectivity index (χ2v) is 10.5. The number of carbonyl (C=O) groups is 2. The zero-order chi connectivity index (χ0) is 24.5. The molecule has 0 saturated carbocycles. The molecule has 0 fully saturated rings. The molecule has 2 heterocycles. The minimum atomic E-state index is -0.486. The predicted molar refractivity (Wildman–Crippen MR) is 143 cm³/mol. The molecule has 4 aromatic rings. The topological polar surface area (TPSA) is 85.1 Å². The van der Waals surface area contributed by atoms with E-state index in [4.69, 9.17) is 10.7 Å². The number of carbonyl (C=O) groups excluding carboxylic acids is 2. The zero-order valence-corrected chi connectivity index (χ0v) is 20.9. The Labute approximate surface area is 209 Å². The number of nitrogens with one attached hydrogen (secondary N) is 1. The van der Waals surface area contributed by atoms with Crippen molar-refractivity contribution in [2.75, 3.05) is 5.32 Å². The molecule has 0 saturated heterocycles. The number of fused-ring (bicyclic) bond motifs is 2. The van der Waals surface area contributed by atoms with E-state index in [0.29, 0.717) is 22.0 Å². The minimum absolute atomic E-state index is 0.262. The highest BCUT2D eigenvalue weighted by atomic mass is 32.1. The Bertz CT molecular complexity index is 1420. The smallest absolute Gasteiger partial charge is 0.257 e. The van der Waals surface area contributed by atoms with Crippen molar-refractivity contribution in [2.24, 2.45) is 11.7 Å². The number of aryl methyl sites for hydroxylation is 1. The molecule has 0 aliphatic heterocycles. The van der Waals surface area contributed by atoms with E-state index in [1.165, 1.54) is 16.9 Å². The van der Waals surface area contributed by atoms with Crippen LogP contribution in [0.25, 0.3) is 22.2 Å². The van der Waals surface area contributed by atoms with Crippen LogP contribution in [0.15, 0.2) is 54.6 Å². The fraction of sp³-hybridized carbons (Fsp3) is 0.276. The van der Waals surface area contributed by atoms with Crippen molar-refractivity contribution >= 4 is 39.1 Å². The number of hydrogen-bond acceptors (Lipinski definition) is 4. The van der Waals surface area contributed by atoms with E-state index in [1.807, 2.05) is 30.3 Å². The van der Waals surface area contributed by atoms with Crippen LogP contribution in [0.2, 0.25) is 0 Å². The second kappa shape index (κ2) is 9.62. The molecular weight excluding hydrogens is 454 g/mol. The minimum Gasteiger partial charge on any atom is -0.365 e. The molecule has 2 aromatic carbocycles. The lowest BCUT2D eigenvalue weighted by Gasteiger charge is -2.18. The van der Waals surface area contributed by atoms with Crippen molar-refractivity contribution in [2.45, 2.75) is 46.0 Å². The second-order valence-electron chi connectivity index (χ2n) is 9.39. The molecule has 2 aromatic heterocycles. The highest BCUT2D eigenvalue weighted by Crippen LogP contribution is 2.40. The van der Waals surface area contributed by atoms with E-state index in [-0.39, 0.29) is 5.91 Å². The van der Waals surface area contributed by atoms with Crippen molar-refractivity contribution < 1.29 is 9.59 Å². The number of para-hydroxylation sites is 1. The van der Waals surface area contributed by atoms with Crippen LogP contribution in [0.4, 0.5) is 5.00 Å². The van der Waals surface area contributed by atoms with Gasteiger partial charge in [0.25, 0.3) is 11.8 Å². The number of nitrogens with zero attached hydrogens (tertiary/aromatic N) is 1. The summed E-state index contributed by atoms with van der Waals surface area (Å²) in [5, 5.41) is 4.35. The molecule has 1 atom stereocenters. The Kier molecular flexibility index (Phi) is 6.39. The monoisotopic (exact) mass is 483 g/mol. The normalized spacial score (nSPS) is 15.1. The maximum absolute atomic E-state index is 13.6. The van der Waals surface area contributed by atoms with E-state index in [1.54, 1.807) is 0 Å². The van der Waals surface area contributed by atoms with E-state index < -0.39 is 5.91 Å². The van der Waals surface area contributed by atoms with Crippen LogP contribution in [0.5, 0.6) is 0 Å². The molecule has 1 aliphatic rings. The van der Waals surface area contributed by atoms with Crippen molar-refractivity contribution in [3.8, 4) is 11.3 Å². The van der Waals surface area contributed by atoms with E-state index >= 15 is 0 Å². The number of hydrogen-bond donors (Lipinski definition) is 2. The van der Waals surface area contributed by atoms with Gasteiger partial charge in [0.05, 0.1) is 22.3 Å². The molecule has 0 spiro atoms. The number of nitrogens with two attached hydrogens (primary N) is 1. The van der Waals surface area contributed by atoms with Crippen LogP contribution < -0.4 is 11.1 Å². The van der Waals surface area contributed by atoms with Gasteiger partial charge in [-0.15, -0.1) is 11.3 Å². The lowest BCUT2D eigenvalue weighted by molar-refractivity contribution is 0.1000. The first-order valence-corrected chi connectivity index (χ1v) is 13.0. The molecule has 5 nitrogen and oxygen atoms in total. The maximum Gasteiger partial charge on any atom is 0.257 e. The Morgan fingerprint density at radius 3 is 2.66 bits per heavy atom. The Morgan fingerprint density at radius 1 is 1.14 bits per heavy atom. The van der Waals surface area contributed by atoms with Crippen LogP contribution in [0.3, 0.4) is 0 Å². The third-order valence-electron chi connectivity index (χ3n) is 6.73. The number of benzene rings is 2. The summed E-state index contributed by atoms with van der Waals surface area (Å²) in [6, 6.07) is 17.8. The van der Waals surface area contributed by atoms with Crippen molar-refractivity contribution in [3.63, 3.8) is 0 Å². The van der Waals surface area contributed by atoms with Gasteiger partial charge >= 0.3 is 0 Å². The molecule has 1 aliphatic carbocycles. The van der Waals surface area contributed by atoms with E-state index in [0.717, 1.165) is 64.7 Å². The Morgan fingerprint density at radius 2 is 1.91 bits per heavy atom. The average Bonchev–Trinajstić information content (AvgIpc) is 3.21. The highest BCUT2D eigenvalue weighted by molar-refractivity contribution is 7.17. The zero-order valence-electron chi connectivity index (χ0n) is 20.1. The lowest BCUT2D eigenvalue weighted by Crippen LogP contribution is -2.19. The fourth-order valence-electron chi connectivity index (χ4n) is 4.91. The van der Waals surface area contributed by atoms with Gasteiger partial charge in [0.1, 0.15) is 5.00 Å². The third kappa shape index (κ3) is 4.58. The Hall–Kier alpha value is -3.51.